The van der Waals surface area contributed by atoms with Crippen LogP contribution in [0.3, 0.4) is 0 Å². The van der Waals surface area contributed by atoms with Gasteiger partial charge in [-0.3, -0.25) is 24.1 Å². The molecule has 0 atom stereocenters. The largest absolute Gasteiger partial charge is 0.291 e. The lowest BCUT2D eigenvalue weighted by Crippen LogP contribution is -2.02. The highest BCUT2D eigenvalue weighted by Gasteiger charge is 2.23. The Morgan fingerprint density at radius 2 is 1.00 bits per heavy atom. The highest BCUT2D eigenvalue weighted by atomic mass is 15.1. The minimum atomic E-state index is 0.813. The van der Waals surface area contributed by atoms with Crippen molar-refractivity contribution in [1.29, 1.82) is 0 Å². The summed E-state index contributed by atoms with van der Waals surface area (Å²) in [7, 11) is 0. The van der Waals surface area contributed by atoms with Gasteiger partial charge in [-0.2, -0.15) is 0 Å². The van der Waals surface area contributed by atoms with Crippen molar-refractivity contribution in [3.8, 4) is 11.6 Å². The molecule has 0 radical (unpaired) electrons. The summed E-state index contributed by atoms with van der Waals surface area (Å²) in [4.78, 5) is 24.1. The maximum absolute atomic E-state index is 5.07. The molecular weight excluding hydrogens is 494 g/mol. The summed E-state index contributed by atoms with van der Waals surface area (Å²) in [6.45, 7) is 0. The molecule has 0 unspecified atom stereocenters. The molecule has 0 N–H and O–H groups in total. The van der Waals surface area contributed by atoms with Gasteiger partial charge in [0.05, 0.1) is 49.7 Å². The van der Waals surface area contributed by atoms with Crippen LogP contribution < -0.4 is 0 Å². The highest BCUT2D eigenvalue weighted by molar-refractivity contribution is 6.22. The smallest absolute Gasteiger partial charge is 0.138 e. The van der Waals surface area contributed by atoms with E-state index in [4.69, 9.17) is 15.0 Å². The van der Waals surface area contributed by atoms with Crippen molar-refractivity contribution in [3.05, 3.63) is 116 Å². The van der Waals surface area contributed by atoms with Crippen LogP contribution in [0.15, 0.2) is 116 Å². The molecule has 7 nitrogen and oxygen atoms in total. The molecule has 7 aromatic heterocycles. The second-order valence-electron chi connectivity index (χ2n) is 9.85. The number of pyridine rings is 5. The summed E-state index contributed by atoms with van der Waals surface area (Å²) >= 11 is 0. The fourth-order valence-corrected chi connectivity index (χ4v) is 5.95. The SMILES string of the molecule is c1cnc2ccc(-n3c4ccccc4c4cnc5c6ccccc6n(-c6ccc7ncccc7n6)c5c43)nc2c1. The average Bonchev–Trinajstić information content (AvgIpc) is 3.54. The second-order valence-corrected chi connectivity index (χ2v) is 9.85. The van der Waals surface area contributed by atoms with Crippen LogP contribution in [0.1, 0.15) is 0 Å². The maximum atomic E-state index is 5.07. The minimum Gasteiger partial charge on any atom is -0.291 e. The third-order valence-electron chi connectivity index (χ3n) is 7.65. The number of para-hydroxylation sites is 2. The molecule has 0 saturated heterocycles. The molecule has 7 heterocycles. The van der Waals surface area contributed by atoms with Gasteiger partial charge in [0.2, 0.25) is 0 Å². The van der Waals surface area contributed by atoms with Gasteiger partial charge in [-0.05, 0) is 60.7 Å². The molecule has 0 spiro atoms. The standard InChI is InChI=1S/C33H19N7/c1-3-11-27-20(7-1)22-19-36-31-21-8-2-4-12-28(21)40(30-16-14-24-26(38-30)10-6-18-35-24)33(31)32(22)39(27)29-15-13-23-25(37-29)9-5-17-34-23/h1-19H. The van der Waals surface area contributed by atoms with E-state index in [1.807, 2.05) is 54.7 Å². The van der Waals surface area contributed by atoms with Crippen LogP contribution in [-0.2, 0) is 0 Å². The van der Waals surface area contributed by atoms with Crippen molar-refractivity contribution in [2.24, 2.45) is 0 Å². The lowest BCUT2D eigenvalue weighted by molar-refractivity contribution is 1.07. The van der Waals surface area contributed by atoms with Gasteiger partial charge in [0.25, 0.3) is 0 Å². The van der Waals surface area contributed by atoms with E-state index in [2.05, 4.69) is 67.6 Å². The van der Waals surface area contributed by atoms with Crippen LogP contribution >= 0.6 is 0 Å². The summed E-state index contributed by atoms with van der Waals surface area (Å²) < 4.78 is 4.48. The van der Waals surface area contributed by atoms with Gasteiger partial charge in [-0.25, -0.2) is 9.97 Å². The van der Waals surface area contributed by atoms with Crippen molar-refractivity contribution in [1.82, 2.24) is 34.1 Å². The summed E-state index contributed by atoms with van der Waals surface area (Å²) in [5.74, 6) is 1.64. The van der Waals surface area contributed by atoms with E-state index in [-0.39, 0.29) is 0 Å². The number of fused-ring (bicyclic) bond motifs is 9. The molecule has 0 aliphatic heterocycles. The van der Waals surface area contributed by atoms with Gasteiger partial charge < -0.3 is 0 Å². The zero-order valence-electron chi connectivity index (χ0n) is 21.1. The third-order valence-corrected chi connectivity index (χ3v) is 7.65. The molecule has 0 fully saturated rings. The average molecular weight is 514 g/mol. The van der Waals surface area contributed by atoms with Crippen LogP contribution in [0.4, 0.5) is 0 Å². The summed E-state index contributed by atoms with van der Waals surface area (Å²) in [6, 6.07) is 32.8. The third kappa shape index (κ3) is 2.86. The number of nitrogens with zero attached hydrogens (tertiary/aromatic N) is 7. The maximum Gasteiger partial charge on any atom is 0.138 e. The fraction of sp³-hybridized carbons (Fsp3) is 0. The summed E-state index contributed by atoms with van der Waals surface area (Å²) in [6.07, 6.45) is 5.58. The van der Waals surface area contributed by atoms with E-state index in [9.17, 15) is 0 Å². The Kier molecular flexibility index (Phi) is 4.20. The first-order valence-electron chi connectivity index (χ1n) is 13.1. The molecule has 0 aliphatic rings. The first-order chi connectivity index (χ1) is 19.8. The molecule has 9 aromatic rings. The number of rotatable bonds is 2. The van der Waals surface area contributed by atoms with Gasteiger partial charge in [-0.15, -0.1) is 0 Å². The van der Waals surface area contributed by atoms with Crippen molar-refractivity contribution in [3.63, 3.8) is 0 Å². The van der Waals surface area contributed by atoms with Crippen LogP contribution in [0, 0.1) is 0 Å². The zero-order valence-corrected chi connectivity index (χ0v) is 21.1. The van der Waals surface area contributed by atoms with Gasteiger partial charge >= 0.3 is 0 Å². The molecule has 0 amide bonds. The Morgan fingerprint density at radius 1 is 0.425 bits per heavy atom. The van der Waals surface area contributed by atoms with E-state index in [0.717, 1.165) is 77.4 Å². The number of aromatic nitrogens is 7. The molecular formula is C33H19N7. The Balaban J connectivity index is 1.51. The lowest BCUT2D eigenvalue weighted by Gasteiger charge is -2.12. The van der Waals surface area contributed by atoms with Crippen LogP contribution in [0.2, 0.25) is 0 Å². The van der Waals surface area contributed by atoms with Gasteiger partial charge in [0.1, 0.15) is 11.6 Å². The number of benzene rings is 2. The Hall–Kier alpha value is -5.69. The predicted octanol–water partition coefficient (Wildman–Crippen LogP) is 7.16. The molecule has 186 valence electrons. The monoisotopic (exact) mass is 513 g/mol. The van der Waals surface area contributed by atoms with Crippen LogP contribution in [0.5, 0.6) is 0 Å². The van der Waals surface area contributed by atoms with Gasteiger partial charge in [0, 0.05) is 34.7 Å². The molecule has 0 bridgehead atoms. The normalized spacial score (nSPS) is 12.0. The van der Waals surface area contributed by atoms with E-state index in [1.54, 1.807) is 12.4 Å². The summed E-state index contributed by atoms with van der Waals surface area (Å²) in [5, 5.41) is 3.25. The first-order valence-corrected chi connectivity index (χ1v) is 13.1. The van der Waals surface area contributed by atoms with E-state index in [1.165, 1.54) is 0 Å². The molecule has 2 aromatic carbocycles. The zero-order chi connectivity index (χ0) is 26.2. The lowest BCUT2D eigenvalue weighted by atomic mass is 10.2. The quantitative estimate of drug-likeness (QED) is 0.245. The number of hydrogen-bond donors (Lipinski definition) is 0. The Labute approximate surface area is 227 Å². The molecule has 40 heavy (non-hydrogen) atoms. The minimum absolute atomic E-state index is 0.813. The highest BCUT2D eigenvalue weighted by Crippen LogP contribution is 2.40. The first kappa shape index (κ1) is 21.3. The second kappa shape index (κ2) is 7.91. The van der Waals surface area contributed by atoms with Gasteiger partial charge in [0.15, 0.2) is 0 Å². The fourth-order valence-electron chi connectivity index (χ4n) is 5.95. The molecule has 0 aliphatic carbocycles. The van der Waals surface area contributed by atoms with E-state index < -0.39 is 0 Å². The molecule has 7 heteroatoms. The molecule has 9 rings (SSSR count). The topological polar surface area (TPSA) is 74.3 Å². The van der Waals surface area contributed by atoms with Crippen molar-refractivity contribution < 1.29 is 0 Å². The van der Waals surface area contributed by atoms with Crippen LogP contribution in [0.25, 0.3) is 77.4 Å². The number of hydrogen-bond acceptors (Lipinski definition) is 5. The van der Waals surface area contributed by atoms with Crippen molar-refractivity contribution >= 4 is 65.8 Å². The molecule has 0 saturated carbocycles. The van der Waals surface area contributed by atoms with E-state index >= 15 is 0 Å². The Bertz CT molecular complexity index is 2280. The predicted molar refractivity (Wildman–Crippen MR) is 159 cm³/mol. The van der Waals surface area contributed by atoms with Crippen LogP contribution in [-0.4, -0.2) is 34.1 Å². The Morgan fingerprint density at radius 3 is 1.68 bits per heavy atom. The summed E-state index contributed by atoms with van der Waals surface area (Å²) in [5.41, 5.74) is 8.46. The van der Waals surface area contributed by atoms with E-state index in [0.29, 0.717) is 0 Å². The van der Waals surface area contributed by atoms with Crippen molar-refractivity contribution in [2.45, 2.75) is 0 Å². The van der Waals surface area contributed by atoms with Crippen molar-refractivity contribution in [2.75, 3.05) is 0 Å². The van der Waals surface area contributed by atoms with Gasteiger partial charge in [-0.1, -0.05) is 36.4 Å².